The van der Waals surface area contributed by atoms with E-state index in [4.69, 9.17) is 5.73 Å². The van der Waals surface area contributed by atoms with E-state index in [0.717, 1.165) is 25.7 Å². The molecule has 2 atom stereocenters. The molecule has 0 aliphatic heterocycles. The molecule has 2 N–H and O–H groups in total. The van der Waals surface area contributed by atoms with E-state index in [1.54, 1.807) is 0 Å². The quantitative estimate of drug-likeness (QED) is 0.735. The molecular weight excluding hydrogens is 174 g/mol. The van der Waals surface area contributed by atoms with E-state index in [1.807, 2.05) is 0 Å². The van der Waals surface area contributed by atoms with Crippen LogP contribution < -0.4 is 5.73 Å². The van der Waals surface area contributed by atoms with Crippen molar-refractivity contribution in [3.8, 4) is 0 Å². The Morgan fingerprint density at radius 1 is 1.43 bits per heavy atom. The average molecular weight is 197 g/mol. The third kappa shape index (κ3) is 3.09. The van der Waals surface area contributed by atoms with Crippen LogP contribution in [0.25, 0.3) is 0 Å². The van der Waals surface area contributed by atoms with Crippen LogP contribution in [0.4, 0.5) is 0 Å². The molecular formula is C12H23NO. The number of carbonyl (C=O) groups is 1. The molecule has 0 bridgehead atoms. The molecule has 1 saturated carbocycles. The van der Waals surface area contributed by atoms with Crippen LogP contribution in [0, 0.1) is 17.8 Å². The first-order valence-corrected chi connectivity index (χ1v) is 5.88. The third-order valence-corrected chi connectivity index (χ3v) is 3.34. The van der Waals surface area contributed by atoms with Gasteiger partial charge in [0.2, 0.25) is 0 Å². The van der Waals surface area contributed by atoms with Gasteiger partial charge in [0, 0.05) is 12.3 Å². The average Bonchev–Trinajstić information content (AvgIpc) is 2.61. The lowest BCUT2D eigenvalue weighted by Crippen LogP contribution is -2.25. The molecule has 82 valence electrons. The van der Waals surface area contributed by atoms with E-state index in [0.29, 0.717) is 30.1 Å². The molecule has 2 unspecified atom stereocenters. The van der Waals surface area contributed by atoms with Crippen LogP contribution >= 0.6 is 0 Å². The SMILES string of the molecule is CC(C)CCC(=O)C1CCCC1CN. The number of carbonyl (C=O) groups excluding carboxylic acids is 1. The molecule has 0 radical (unpaired) electrons. The van der Waals surface area contributed by atoms with Gasteiger partial charge in [-0.05, 0) is 37.6 Å². The predicted molar refractivity (Wildman–Crippen MR) is 59.0 cm³/mol. The van der Waals surface area contributed by atoms with E-state index in [2.05, 4.69) is 13.8 Å². The zero-order chi connectivity index (χ0) is 10.6. The molecule has 2 nitrogen and oxygen atoms in total. The predicted octanol–water partition coefficient (Wildman–Crippen LogP) is 2.37. The Kier molecular flexibility index (Phi) is 4.59. The van der Waals surface area contributed by atoms with Gasteiger partial charge in [0.05, 0.1) is 0 Å². The Morgan fingerprint density at radius 2 is 2.14 bits per heavy atom. The Morgan fingerprint density at radius 3 is 2.71 bits per heavy atom. The van der Waals surface area contributed by atoms with E-state index in [9.17, 15) is 4.79 Å². The van der Waals surface area contributed by atoms with Crippen molar-refractivity contribution in [3.05, 3.63) is 0 Å². The van der Waals surface area contributed by atoms with Crippen LogP contribution in [0.5, 0.6) is 0 Å². The second kappa shape index (κ2) is 5.50. The Labute approximate surface area is 87.2 Å². The van der Waals surface area contributed by atoms with Crippen molar-refractivity contribution in [1.29, 1.82) is 0 Å². The number of nitrogens with two attached hydrogens (primary N) is 1. The fraction of sp³-hybridized carbons (Fsp3) is 0.917. The third-order valence-electron chi connectivity index (χ3n) is 3.34. The van der Waals surface area contributed by atoms with Gasteiger partial charge < -0.3 is 5.73 Å². The summed E-state index contributed by atoms with van der Waals surface area (Å²) in [6.45, 7) is 5.03. The number of rotatable bonds is 5. The van der Waals surface area contributed by atoms with Crippen molar-refractivity contribution in [1.82, 2.24) is 0 Å². The molecule has 0 saturated heterocycles. The lowest BCUT2D eigenvalue weighted by molar-refractivity contribution is -0.124. The van der Waals surface area contributed by atoms with Gasteiger partial charge in [-0.1, -0.05) is 20.3 Å². The molecule has 0 aromatic heterocycles. The van der Waals surface area contributed by atoms with Crippen LogP contribution in [-0.2, 0) is 4.79 Å². The van der Waals surface area contributed by atoms with E-state index in [-0.39, 0.29) is 0 Å². The van der Waals surface area contributed by atoms with Crippen LogP contribution in [-0.4, -0.2) is 12.3 Å². The van der Waals surface area contributed by atoms with Crippen molar-refractivity contribution < 1.29 is 4.79 Å². The summed E-state index contributed by atoms with van der Waals surface area (Å²) in [6.07, 6.45) is 5.23. The van der Waals surface area contributed by atoms with Gasteiger partial charge in [0.1, 0.15) is 5.78 Å². The lowest BCUT2D eigenvalue weighted by Gasteiger charge is -2.16. The zero-order valence-electron chi connectivity index (χ0n) is 9.46. The number of ketones is 1. The first-order valence-electron chi connectivity index (χ1n) is 5.88. The van der Waals surface area contributed by atoms with Crippen molar-refractivity contribution >= 4 is 5.78 Å². The number of Topliss-reactive ketones (excluding diaryl/α,β-unsaturated/α-hetero) is 1. The highest BCUT2D eigenvalue weighted by molar-refractivity contribution is 5.81. The molecule has 0 aromatic rings. The van der Waals surface area contributed by atoms with Crippen molar-refractivity contribution in [3.63, 3.8) is 0 Å². The summed E-state index contributed by atoms with van der Waals surface area (Å²) in [4.78, 5) is 11.9. The summed E-state index contributed by atoms with van der Waals surface area (Å²) in [5, 5.41) is 0. The smallest absolute Gasteiger partial charge is 0.136 e. The maximum Gasteiger partial charge on any atom is 0.136 e. The molecule has 14 heavy (non-hydrogen) atoms. The molecule has 2 heteroatoms. The molecule has 0 spiro atoms. The van der Waals surface area contributed by atoms with Gasteiger partial charge in [-0.2, -0.15) is 0 Å². The molecule has 1 aliphatic carbocycles. The highest BCUT2D eigenvalue weighted by Crippen LogP contribution is 2.32. The molecule has 0 aromatic carbocycles. The summed E-state index contributed by atoms with van der Waals surface area (Å²) >= 11 is 0. The number of hydrogen-bond acceptors (Lipinski definition) is 2. The van der Waals surface area contributed by atoms with Crippen LogP contribution in [0.1, 0.15) is 46.0 Å². The fourth-order valence-corrected chi connectivity index (χ4v) is 2.36. The summed E-state index contributed by atoms with van der Waals surface area (Å²) in [5.74, 6) is 1.87. The Hall–Kier alpha value is -0.370. The first-order chi connectivity index (χ1) is 6.65. The normalized spacial score (nSPS) is 27.1. The van der Waals surface area contributed by atoms with E-state index in [1.165, 1.54) is 6.42 Å². The van der Waals surface area contributed by atoms with Gasteiger partial charge >= 0.3 is 0 Å². The highest BCUT2D eigenvalue weighted by atomic mass is 16.1. The van der Waals surface area contributed by atoms with Crippen molar-refractivity contribution in [2.45, 2.75) is 46.0 Å². The Balaban J connectivity index is 2.35. The topological polar surface area (TPSA) is 43.1 Å². The van der Waals surface area contributed by atoms with Crippen LogP contribution in [0.15, 0.2) is 0 Å². The molecule has 1 rings (SSSR count). The summed E-state index contributed by atoms with van der Waals surface area (Å²) in [7, 11) is 0. The van der Waals surface area contributed by atoms with Gasteiger partial charge in [0.15, 0.2) is 0 Å². The monoisotopic (exact) mass is 197 g/mol. The fourth-order valence-electron chi connectivity index (χ4n) is 2.36. The molecule has 0 amide bonds. The van der Waals surface area contributed by atoms with Crippen molar-refractivity contribution in [2.24, 2.45) is 23.5 Å². The molecule has 1 aliphatic rings. The van der Waals surface area contributed by atoms with Gasteiger partial charge in [0.25, 0.3) is 0 Å². The molecule has 1 fully saturated rings. The molecule has 0 heterocycles. The largest absolute Gasteiger partial charge is 0.330 e. The van der Waals surface area contributed by atoms with Crippen molar-refractivity contribution in [2.75, 3.05) is 6.54 Å². The highest BCUT2D eigenvalue weighted by Gasteiger charge is 2.31. The first kappa shape index (κ1) is 11.7. The van der Waals surface area contributed by atoms with Crippen LogP contribution in [0.3, 0.4) is 0 Å². The Bertz CT molecular complexity index is 189. The minimum absolute atomic E-state index is 0.291. The minimum atomic E-state index is 0.291. The minimum Gasteiger partial charge on any atom is -0.330 e. The summed E-state index contributed by atoms with van der Waals surface area (Å²) < 4.78 is 0. The van der Waals surface area contributed by atoms with E-state index >= 15 is 0 Å². The summed E-state index contributed by atoms with van der Waals surface area (Å²) in [6, 6.07) is 0. The standard InChI is InChI=1S/C12H23NO/c1-9(2)6-7-12(14)11-5-3-4-10(11)8-13/h9-11H,3-8,13H2,1-2H3. The number of hydrogen-bond donors (Lipinski definition) is 1. The lowest BCUT2D eigenvalue weighted by atomic mass is 9.88. The maximum absolute atomic E-state index is 11.9. The second-order valence-corrected chi connectivity index (χ2v) is 4.93. The van der Waals surface area contributed by atoms with E-state index < -0.39 is 0 Å². The van der Waals surface area contributed by atoms with Gasteiger partial charge in [-0.15, -0.1) is 0 Å². The van der Waals surface area contributed by atoms with Gasteiger partial charge in [-0.25, -0.2) is 0 Å². The van der Waals surface area contributed by atoms with Crippen LogP contribution in [0.2, 0.25) is 0 Å². The summed E-state index contributed by atoms with van der Waals surface area (Å²) in [5.41, 5.74) is 5.67. The zero-order valence-corrected chi connectivity index (χ0v) is 9.46. The second-order valence-electron chi connectivity index (χ2n) is 4.93. The maximum atomic E-state index is 11.9. The van der Waals surface area contributed by atoms with Gasteiger partial charge in [-0.3, -0.25) is 4.79 Å².